The van der Waals surface area contributed by atoms with E-state index in [1.54, 1.807) is 11.8 Å². The fourth-order valence-electron chi connectivity index (χ4n) is 2.46. The molecule has 0 saturated carbocycles. The molecule has 0 spiro atoms. The van der Waals surface area contributed by atoms with Crippen molar-refractivity contribution in [3.05, 3.63) is 30.3 Å². The topological polar surface area (TPSA) is 41.1 Å². The lowest BCUT2D eigenvalue weighted by atomic mass is 10.1. The van der Waals surface area contributed by atoms with Crippen LogP contribution < -0.4 is 10.6 Å². The molecule has 1 aromatic carbocycles. The van der Waals surface area contributed by atoms with Gasteiger partial charge in [-0.25, -0.2) is 0 Å². The zero-order valence-corrected chi connectivity index (χ0v) is 12.9. The number of thioether (sulfide) groups is 1. The Kier molecular flexibility index (Phi) is 6.40. The first-order valence-electron chi connectivity index (χ1n) is 7.49. The van der Waals surface area contributed by atoms with E-state index in [9.17, 15) is 4.79 Å². The van der Waals surface area contributed by atoms with Gasteiger partial charge < -0.3 is 10.6 Å². The van der Waals surface area contributed by atoms with Gasteiger partial charge in [-0.1, -0.05) is 25.1 Å². The Labute approximate surface area is 125 Å². The Balaban J connectivity index is 1.73. The summed E-state index contributed by atoms with van der Waals surface area (Å²) in [6.45, 7) is 5.10. The molecular formula is C16H24N2OS. The molecule has 2 atom stereocenters. The predicted molar refractivity (Wildman–Crippen MR) is 85.0 cm³/mol. The second kappa shape index (κ2) is 8.32. The number of hydrogen-bond donors (Lipinski definition) is 2. The van der Waals surface area contributed by atoms with Gasteiger partial charge in [-0.05, 0) is 50.4 Å². The molecule has 20 heavy (non-hydrogen) atoms. The maximum atomic E-state index is 12.2. The van der Waals surface area contributed by atoms with E-state index in [0.29, 0.717) is 0 Å². The van der Waals surface area contributed by atoms with E-state index >= 15 is 0 Å². The van der Waals surface area contributed by atoms with Gasteiger partial charge in [0.05, 0.1) is 5.25 Å². The van der Waals surface area contributed by atoms with Gasteiger partial charge >= 0.3 is 0 Å². The standard InChI is InChI=1S/C16H24N2OS/c1-2-15(20-14-6-4-3-5-7-14)16(19)18-11-9-13-8-10-17-12-13/h3-7,13,15,17H,2,8-12H2,1H3,(H,18,19). The van der Waals surface area contributed by atoms with Gasteiger partial charge in [0, 0.05) is 11.4 Å². The van der Waals surface area contributed by atoms with E-state index < -0.39 is 0 Å². The molecule has 1 heterocycles. The van der Waals surface area contributed by atoms with Crippen LogP contribution in [0.25, 0.3) is 0 Å². The van der Waals surface area contributed by atoms with E-state index in [1.165, 1.54) is 6.42 Å². The lowest BCUT2D eigenvalue weighted by Crippen LogP contribution is -2.33. The molecule has 0 aromatic heterocycles. The van der Waals surface area contributed by atoms with E-state index in [-0.39, 0.29) is 11.2 Å². The normalized spacial score (nSPS) is 19.8. The predicted octanol–water partition coefficient (Wildman–Crippen LogP) is 2.67. The van der Waals surface area contributed by atoms with Gasteiger partial charge in [0.25, 0.3) is 0 Å². The van der Waals surface area contributed by atoms with Crippen molar-refractivity contribution in [3.63, 3.8) is 0 Å². The van der Waals surface area contributed by atoms with Crippen LogP contribution in [0.3, 0.4) is 0 Å². The molecule has 4 heteroatoms. The molecule has 1 amide bonds. The summed E-state index contributed by atoms with van der Waals surface area (Å²) in [4.78, 5) is 13.4. The van der Waals surface area contributed by atoms with Crippen LogP contribution in [0.4, 0.5) is 0 Å². The fourth-order valence-corrected chi connectivity index (χ4v) is 3.46. The Morgan fingerprint density at radius 1 is 1.45 bits per heavy atom. The Hall–Kier alpha value is -1.00. The summed E-state index contributed by atoms with van der Waals surface area (Å²) in [6.07, 6.45) is 3.19. The lowest BCUT2D eigenvalue weighted by Gasteiger charge is -2.15. The SMILES string of the molecule is CCC(Sc1ccccc1)C(=O)NCCC1CCNC1. The second-order valence-corrected chi connectivity index (χ2v) is 6.54. The van der Waals surface area contributed by atoms with Crippen molar-refractivity contribution in [2.75, 3.05) is 19.6 Å². The number of carbonyl (C=O) groups is 1. The number of hydrogen-bond acceptors (Lipinski definition) is 3. The van der Waals surface area contributed by atoms with Crippen LogP contribution in [0.2, 0.25) is 0 Å². The van der Waals surface area contributed by atoms with Crippen LogP contribution >= 0.6 is 11.8 Å². The van der Waals surface area contributed by atoms with Crippen LogP contribution in [0.15, 0.2) is 35.2 Å². The Morgan fingerprint density at radius 3 is 2.90 bits per heavy atom. The van der Waals surface area contributed by atoms with Crippen molar-refractivity contribution < 1.29 is 4.79 Å². The third kappa shape index (κ3) is 4.84. The average Bonchev–Trinajstić information content (AvgIpc) is 2.99. The molecule has 0 bridgehead atoms. The first-order valence-corrected chi connectivity index (χ1v) is 8.37. The third-order valence-corrected chi connectivity index (χ3v) is 5.08. The Morgan fingerprint density at radius 2 is 2.25 bits per heavy atom. The molecule has 0 aliphatic carbocycles. The molecule has 3 nitrogen and oxygen atoms in total. The van der Waals surface area contributed by atoms with Crippen LogP contribution in [0, 0.1) is 5.92 Å². The van der Waals surface area contributed by atoms with Gasteiger partial charge in [0.2, 0.25) is 5.91 Å². The van der Waals surface area contributed by atoms with Crippen molar-refractivity contribution >= 4 is 17.7 Å². The lowest BCUT2D eigenvalue weighted by molar-refractivity contribution is -0.120. The minimum atomic E-state index is 0.0131. The van der Waals surface area contributed by atoms with Gasteiger partial charge in [-0.2, -0.15) is 0 Å². The molecule has 2 N–H and O–H groups in total. The maximum Gasteiger partial charge on any atom is 0.233 e. The molecule has 1 fully saturated rings. The van der Waals surface area contributed by atoms with Gasteiger partial charge in [0.15, 0.2) is 0 Å². The van der Waals surface area contributed by atoms with Crippen molar-refractivity contribution in [2.24, 2.45) is 5.92 Å². The third-order valence-electron chi connectivity index (χ3n) is 3.70. The van der Waals surface area contributed by atoms with Crippen molar-refractivity contribution in [3.8, 4) is 0 Å². The van der Waals surface area contributed by atoms with Crippen molar-refractivity contribution in [1.82, 2.24) is 10.6 Å². The molecule has 1 aromatic rings. The molecule has 1 aliphatic rings. The van der Waals surface area contributed by atoms with Gasteiger partial charge in [0.1, 0.15) is 0 Å². The highest BCUT2D eigenvalue weighted by Gasteiger charge is 2.19. The summed E-state index contributed by atoms with van der Waals surface area (Å²) in [5.41, 5.74) is 0. The highest BCUT2D eigenvalue weighted by atomic mass is 32.2. The van der Waals surface area contributed by atoms with Gasteiger partial charge in [-0.3, -0.25) is 4.79 Å². The molecule has 1 aliphatic heterocycles. The van der Waals surface area contributed by atoms with Gasteiger partial charge in [-0.15, -0.1) is 11.8 Å². The first-order chi connectivity index (χ1) is 9.79. The highest BCUT2D eigenvalue weighted by Crippen LogP contribution is 2.25. The van der Waals surface area contributed by atoms with Crippen LogP contribution in [-0.2, 0) is 4.79 Å². The van der Waals surface area contributed by atoms with Crippen LogP contribution in [0.5, 0.6) is 0 Å². The molecule has 2 unspecified atom stereocenters. The maximum absolute atomic E-state index is 12.2. The zero-order chi connectivity index (χ0) is 14.2. The van der Waals surface area contributed by atoms with Crippen molar-refractivity contribution in [2.45, 2.75) is 36.3 Å². The summed E-state index contributed by atoms with van der Waals surface area (Å²) in [5, 5.41) is 6.47. The molecule has 2 rings (SSSR count). The zero-order valence-electron chi connectivity index (χ0n) is 12.1. The van der Waals surface area contributed by atoms with E-state index in [1.807, 2.05) is 18.2 Å². The summed E-state index contributed by atoms with van der Waals surface area (Å²) in [6, 6.07) is 10.1. The summed E-state index contributed by atoms with van der Waals surface area (Å²) in [5.74, 6) is 0.907. The van der Waals surface area contributed by atoms with E-state index in [4.69, 9.17) is 0 Å². The molecular weight excluding hydrogens is 268 g/mol. The number of amides is 1. The van der Waals surface area contributed by atoms with Crippen molar-refractivity contribution in [1.29, 1.82) is 0 Å². The average molecular weight is 292 g/mol. The highest BCUT2D eigenvalue weighted by molar-refractivity contribution is 8.00. The largest absolute Gasteiger partial charge is 0.355 e. The number of nitrogens with one attached hydrogen (secondary N) is 2. The fraction of sp³-hybridized carbons (Fsp3) is 0.562. The summed E-state index contributed by atoms with van der Waals surface area (Å²) >= 11 is 1.66. The molecule has 110 valence electrons. The summed E-state index contributed by atoms with van der Waals surface area (Å²) < 4.78 is 0. The van der Waals surface area contributed by atoms with Crippen LogP contribution in [0.1, 0.15) is 26.2 Å². The first kappa shape index (κ1) is 15.4. The minimum absolute atomic E-state index is 0.0131. The number of carbonyl (C=O) groups excluding carboxylic acids is 1. The van der Waals surface area contributed by atoms with Crippen LogP contribution in [-0.4, -0.2) is 30.8 Å². The number of benzene rings is 1. The monoisotopic (exact) mass is 292 g/mol. The number of rotatable bonds is 7. The molecule has 0 radical (unpaired) electrons. The Bertz CT molecular complexity index is 404. The summed E-state index contributed by atoms with van der Waals surface area (Å²) in [7, 11) is 0. The smallest absolute Gasteiger partial charge is 0.233 e. The minimum Gasteiger partial charge on any atom is -0.355 e. The quantitative estimate of drug-likeness (QED) is 0.759. The van der Waals surface area contributed by atoms with E-state index in [2.05, 4.69) is 29.7 Å². The molecule has 1 saturated heterocycles. The second-order valence-electron chi connectivity index (χ2n) is 5.27. The van der Waals surface area contributed by atoms with E-state index in [0.717, 1.165) is 43.3 Å².